The summed E-state index contributed by atoms with van der Waals surface area (Å²) in [6.07, 6.45) is 1.53. The third-order valence-electron chi connectivity index (χ3n) is 3.62. The van der Waals surface area contributed by atoms with Crippen LogP contribution in [0.5, 0.6) is 0 Å². The molecule has 1 aromatic heterocycles. The molecule has 1 saturated heterocycles. The van der Waals surface area contributed by atoms with Crippen molar-refractivity contribution in [3.8, 4) is 0 Å². The van der Waals surface area contributed by atoms with E-state index in [0.717, 1.165) is 31.2 Å². The van der Waals surface area contributed by atoms with Crippen LogP contribution in [0.4, 0.5) is 5.69 Å². The highest BCUT2D eigenvalue weighted by Crippen LogP contribution is 2.12. The molecular weight excluding hydrogens is 311 g/mol. The van der Waals surface area contributed by atoms with E-state index >= 15 is 0 Å². The molecule has 1 aliphatic rings. The van der Waals surface area contributed by atoms with Crippen LogP contribution in [0.3, 0.4) is 0 Å². The van der Waals surface area contributed by atoms with E-state index in [4.69, 9.17) is 16.0 Å². The number of hydrogen-bond donors (Lipinski definition) is 1. The number of quaternary nitrogens is 1. The Balaban J connectivity index is 0.00000161. The van der Waals surface area contributed by atoms with E-state index in [9.17, 15) is 4.79 Å². The Kier molecular flexibility index (Phi) is 5.28. The number of furan rings is 1. The van der Waals surface area contributed by atoms with Gasteiger partial charge in [-0.2, -0.15) is 0 Å². The fourth-order valence-electron chi connectivity index (χ4n) is 2.53. The molecule has 4 nitrogen and oxygen atoms in total. The average Bonchev–Trinajstić information content (AvgIpc) is 3.01. The van der Waals surface area contributed by atoms with Gasteiger partial charge in [0.05, 0.1) is 32.4 Å². The highest BCUT2D eigenvalue weighted by molar-refractivity contribution is 6.30. The second kappa shape index (κ2) is 6.98. The van der Waals surface area contributed by atoms with Crippen molar-refractivity contribution in [2.45, 2.75) is 0 Å². The lowest BCUT2D eigenvalue weighted by molar-refractivity contribution is -0.837. The maximum absolute atomic E-state index is 12.2. The van der Waals surface area contributed by atoms with Gasteiger partial charge in [0.25, 0.3) is 5.91 Å². The summed E-state index contributed by atoms with van der Waals surface area (Å²) >= 11 is 6.02. The first kappa shape index (κ1) is 15.9. The summed E-state index contributed by atoms with van der Waals surface area (Å²) in [6.45, 7) is 3.21. The first-order valence-electron chi connectivity index (χ1n) is 6.67. The highest BCUT2D eigenvalue weighted by atomic mass is 35.5. The highest BCUT2D eigenvalue weighted by Gasteiger charge is 2.26. The zero-order chi connectivity index (χ0) is 13.9. The first-order valence-corrected chi connectivity index (χ1v) is 7.05. The number of nitrogens with one attached hydrogen (secondary N) is 1. The van der Waals surface area contributed by atoms with Crippen LogP contribution in [-0.2, 0) is 0 Å². The number of nitrogens with zero attached hydrogens (tertiary/aromatic N) is 1. The normalized spacial score (nSPS) is 15.6. The third kappa shape index (κ3) is 3.59. The molecule has 2 heterocycles. The quantitative estimate of drug-likeness (QED) is 0.738. The summed E-state index contributed by atoms with van der Waals surface area (Å²) in [5, 5.41) is 0.754. The smallest absolute Gasteiger partial charge is 0.289 e. The molecule has 2 aromatic rings. The fourth-order valence-corrected chi connectivity index (χ4v) is 2.72. The van der Waals surface area contributed by atoms with Crippen molar-refractivity contribution in [2.24, 2.45) is 0 Å². The number of hydrogen-bond acceptors (Lipinski definition) is 2. The zero-order valence-corrected chi connectivity index (χ0v) is 12.9. The Labute approximate surface area is 134 Å². The lowest BCUT2D eigenvalue weighted by Crippen LogP contribution is -3.10. The van der Waals surface area contributed by atoms with Crippen molar-refractivity contribution in [2.75, 3.05) is 26.2 Å². The van der Waals surface area contributed by atoms with E-state index in [2.05, 4.69) is 6.07 Å². The lowest BCUT2D eigenvalue weighted by Gasteiger charge is -2.31. The number of rotatable bonds is 2. The summed E-state index contributed by atoms with van der Waals surface area (Å²) in [7, 11) is 0. The van der Waals surface area contributed by atoms with Gasteiger partial charge in [-0.25, -0.2) is 0 Å². The van der Waals surface area contributed by atoms with Crippen LogP contribution in [0.1, 0.15) is 10.6 Å². The Bertz CT molecular complexity index is 593. The van der Waals surface area contributed by atoms with E-state index in [1.807, 2.05) is 23.1 Å². The van der Waals surface area contributed by atoms with Crippen molar-refractivity contribution < 1.29 is 26.5 Å². The number of halogens is 2. The van der Waals surface area contributed by atoms with E-state index in [0.29, 0.717) is 5.76 Å². The van der Waals surface area contributed by atoms with Crippen molar-refractivity contribution >= 4 is 23.2 Å². The van der Waals surface area contributed by atoms with Crippen LogP contribution in [0.25, 0.3) is 0 Å². The molecule has 1 fully saturated rings. The predicted molar refractivity (Wildman–Crippen MR) is 76.4 cm³/mol. The van der Waals surface area contributed by atoms with Crippen molar-refractivity contribution in [3.63, 3.8) is 0 Å². The number of carbonyl (C=O) groups is 1. The van der Waals surface area contributed by atoms with Gasteiger partial charge in [0.1, 0.15) is 5.69 Å². The summed E-state index contributed by atoms with van der Waals surface area (Å²) in [5.41, 5.74) is 1.18. The Morgan fingerprint density at radius 3 is 2.57 bits per heavy atom. The number of piperazine rings is 1. The van der Waals surface area contributed by atoms with Crippen LogP contribution >= 0.6 is 11.6 Å². The monoisotopic (exact) mass is 326 g/mol. The van der Waals surface area contributed by atoms with Crippen molar-refractivity contribution in [1.29, 1.82) is 0 Å². The predicted octanol–water partition coefficient (Wildman–Crippen LogP) is -1.39. The molecule has 1 N–H and O–H groups in total. The molecule has 1 amide bonds. The van der Waals surface area contributed by atoms with Crippen LogP contribution in [0, 0.1) is 0 Å². The summed E-state index contributed by atoms with van der Waals surface area (Å²) < 4.78 is 5.16. The van der Waals surface area contributed by atoms with Gasteiger partial charge in [0.15, 0.2) is 5.76 Å². The topological polar surface area (TPSA) is 37.9 Å². The second-order valence-corrected chi connectivity index (χ2v) is 5.32. The molecule has 1 aliphatic heterocycles. The van der Waals surface area contributed by atoms with Gasteiger partial charge in [-0.3, -0.25) is 9.69 Å². The van der Waals surface area contributed by atoms with E-state index in [1.54, 1.807) is 12.1 Å². The van der Waals surface area contributed by atoms with Gasteiger partial charge in [0, 0.05) is 11.1 Å². The Hall–Kier alpha value is -1.49. The lowest BCUT2D eigenvalue weighted by atomic mass is 10.2. The molecule has 0 spiro atoms. The van der Waals surface area contributed by atoms with Crippen LogP contribution < -0.4 is 17.3 Å². The molecule has 0 aliphatic carbocycles. The molecule has 1 aromatic carbocycles. The first-order chi connectivity index (χ1) is 9.74. The summed E-state index contributed by atoms with van der Waals surface area (Å²) in [6, 6.07) is 11.3. The van der Waals surface area contributed by atoms with Gasteiger partial charge in [-0.1, -0.05) is 17.7 Å². The molecule has 0 radical (unpaired) electrons. The zero-order valence-electron chi connectivity index (χ0n) is 11.4. The minimum Gasteiger partial charge on any atom is -1.00 e. The Morgan fingerprint density at radius 1 is 1.19 bits per heavy atom. The third-order valence-corrected chi connectivity index (χ3v) is 3.85. The largest absolute Gasteiger partial charge is 1.00 e. The summed E-state index contributed by atoms with van der Waals surface area (Å²) in [5.74, 6) is 0.386. The molecule has 6 heteroatoms. The molecule has 0 atom stereocenters. The number of benzene rings is 1. The van der Waals surface area contributed by atoms with Gasteiger partial charge in [0.2, 0.25) is 0 Å². The molecule has 3 rings (SSSR count). The second-order valence-electron chi connectivity index (χ2n) is 4.88. The summed E-state index contributed by atoms with van der Waals surface area (Å²) in [4.78, 5) is 15.4. The van der Waals surface area contributed by atoms with Crippen molar-refractivity contribution in [3.05, 3.63) is 53.4 Å². The van der Waals surface area contributed by atoms with Gasteiger partial charge >= 0.3 is 0 Å². The molecule has 0 unspecified atom stereocenters. The van der Waals surface area contributed by atoms with Gasteiger partial charge in [-0.15, -0.1) is 0 Å². The minimum atomic E-state index is -0.0276. The van der Waals surface area contributed by atoms with Crippen LogP contribution in [-0.4, -0.2) is 37.0 Å². The number of amides is 1. The Morgan fingerprint density at radius 2 is 1.95 bits per heavy atom. The SMILES string of the molecule is O=C(c1ccco1)N1CC[NH+](c2cccc(Cl)c2)CC1.[Cl-]. The maximum atomic E-state index is 12.2. The van der Waals surface area contributed by atoms with Crippen molar-refractivity contribution in [1.82, 2.24) is 4.90 Å². The maximum Gasteiger partial charge on any atom is 0.289 e. The molecule has 0 saturated carbocycles. The van der Waals surface area contributed by atoms with Crippen LogP contribution in [0.2, 0.25) is 5.02 Å². The molecule has 0 bridgehead atoms. The number of carbonyl (C=O) groups excluding carboxylic acids is 1. The van der Waals surface area contributed by atoms with E-state index in [1.165, 1.54) is 16.9 Å². The molecule has 21 heavy (non-hydrogen) atoms. The van der Waals surface area contributed by atoms with E-state index < -0.39 is 0 Å². The van der Waals surface area contributed by atoms with Crippen LogP contribution in [0.15, 0.2) is 47.1 Å². The average molecular weight is 327 g/mol. The minimum absolute atomic E-state index is 0. The fraction of sp³-hybridized carbons (Fsp3) is 0.267. The molecule has 112 valence electrons. The van der Waals surface area contributed by atoms with Gasteiger partial charge < -0.3 is 21.7 Å². The van der Waals surface area contributed by atoms with E-state index in [-0.39, 0.29) is 18.3 Å². The standard InChI is InChI=1S/C15H15ClN2O2.ClH/c16-12-3-1-4-13(11-12)17-6-8-18(9-7-17)15(19)14-5-2-10-20-14;/h1-5,10-11H,6-9H2;1H. The molecular formula is C15H16Cl2N2O2. The van der Waals surface area contributed by atoms with Gasteiger partial charge in [-0.05, 0) is 24.3 Å².